The molecule has 15 heavy (non-hydrogen) atoms. The Labute approximate surface area is 105 Å². The Morgan fingerprint density at radius 2 is 2.13 bits per heavy atom. The van der Waals surface area contributed by atoms with Gasteiger partial charge in [0.2, 0.25) is 0 Å². The Bertz CT molecular complexity index is 245. The van der Waals surface area contributed by atoms with Gasteiger partial charge >= 0.3 is 105 Å². The molecule has 1 rings (SSSR count). The van der Waals surface area contributed by atoms with E-state index in [0.717, 1.165) is 7.97 Å². The van der Waals surface area contributed by atoms with E-state index in [-0.39, 0.29) is 0 Å². The molecule has 1 nitrogen and oxygen atoms in total. The van der Waals surface area contributed by atoms with E-state index < -0.39 is 0 Å². The van der Waals surface area contributed by atoms with E-state index in [1.807, 2.05) is 0 Å². The van der Waals surface area contributed by atoms with Crippen molar-refractivity contribution in [3.8, 4) is 0 Å². The van der Waals surface area contributed by atoms with Crippen molar-refractivity contribution in [2.75, 3.05) is 0 Å². The Morgan fingerprint density at radius 3 is 2.67 bits per heavy atom. The predicted octanol–water partition coefficient (Wildman–Crippen LogP) is 0.647. The molecule has 0 N–H and O–H groups in total. The molecule has 3 unspecified atom stereocenters. The summed E-state index contributed by atoms with van der Waals surface area (Å²) in [6, 6.07) is 0. The number of rotatable bonds is 6. The number of hydrogen-bond acceptors (Lipinski definition) is 1. The third-order valence-electron chi connectivity index (χ3n) is 2.79. The summed E-state index contributed by atoms with van der Waals surface area (Å²) in [4.78, 5) is 4.72. The standard InChI is InChI=1S/C13H23IN/c1-5-8-11(7-3)12-13(14-12)15-9-10(4)6-2/h8-10,12-13H,5-7H2,1-4H3/q-1/b11-8+,15-9?. The van der Waals surface area contributed by atoms with Gasteiger partial charge in [-0.1, -0.05) is 0 Å². The van der Waals surface area contributed by atoms with Crippen molar-refractivity contribution in [3.63, 3.8) is 0 Å². The van der Waals surface area contributed by atoms with Crippen molar-refractivity contribution in [2.24, 2.45) is 10.9 Å². The Kier molecular flexibility index (Phi) is 5.87. The van der Waals surface area contributed by atoms with Gasteiger partial charge in [0.25, 0.3) is 0 Å². The molecule has 0 aliphatic carbocycles. The molecule has 0 aromatic rings. The van der Waals surface area contributed by atoms with Crippen LogP contribution in [-0.2, 0) is 0 Å². The second-order valence-electron chi connectivity index (χ2n) is 4.12. The molecule has 1 heterocycles. The van der Waals surface area contributed by atoms with Crippen LogP contribution in [0.1, 0.15) is 47.0 Å². The average Bonchev–Trinajstić information content (AvgIpc) is 3.01. The summed E-state index contributed by atoms with van der Waals surface area (Å²) in [5.41, 5.74) is 1.68. The maximum atomic E-state index is 4.72. The first kappa shape index (κ1) is 13.2. The molecule has 1 saturated heterocycles. The summed E-state index contributed by atoms with van der Waals surface area (Å²) in [7, 11) is 0. The first-order chi connectivity index (χ1) is 7.22. The van der Waals surface area contributed by atoms with Crippen molar-refractivity contribution < 1.29 is 21.2 Å². The van der Waals surface area contributed by atoms with Gasteiger partial charge in [-0.3, -0.25) is 0 Å². The average molecular weight is 320 g/mol. The molecular formula is C13H23IN-. The van der Waals surface area contributed by atoms with Gasteiger partial charge in [0.05, 0.1) is 0 Å². The van der Waals surface area contributed by atoms with Crippen molar-refractivity contribution >= 4 is 6.21 Å². The summed E-state index contributed by atoms with van der Waals surface area (Å²) < 4.78 is 1.60. The topological polar surface area (TPSA) is 12.4 Å². The number of alkyl halides is 2. The van der Waals surface area contributed by atoms with Gasteiger partial charge in [0, 0.05) is 0 Å². The number of halogens is 1. The number of hydrogen-bond donors (Lipinski definition) is 0. The Hall–Kier alpha value is 0.140. The van der Waals surface area contributed by atoms with E-state index in [9.17, 15) is 0 Å². The van der Waals surface area contributed by atoms with Gasteiger partial charge in [-0.2, -0.15) is 0 Å². The van der Waals surface area contributed by atoms with Gasteiger partial charge in [0.15, 0.2) is 0 Å². The zero-order valence-corrected chi connectivity index (χ0v) is 12.5. The van der Waals surface area contributed by atoms with Gasteiger partial charge in [-0.05, 0) is 0 Å². The van der Waals surface area contributed by atoms with Crippen molar-refractivity contribution in [3.05, 3.63) is 11.6 Å². The molecule has 2 heteroatoms. The minimum atomic E-state index is 0.346. The van der Waals surface area contributed by atoms with E-state index >= 15 is 0 Å². The third-order valence-corrected chi connectivity index (χ3v) is 6.00. The molecule has 0 aromatic carbocycles. The molecule has 1 fully saturated rings. The number of nitrogens with zero attached hydrogens (tertiary/aromatic N) is 1. The van der Waals surface area contributed by atoms with Gasteiger partial charge in [0.1, 0.15) is 0 Å². The molecule has 3 atom stereocenters. The van der Waals surface area contributed by atoms with Crippen molar-refractivity contribution in [1.29, 1.82) is 0 Å². The summed E-state index contributed by atoms with van der Waals surface area (Å²) in [5, 5.41) is 0. The fourth-order valence-corrected chi connectivity index (χ4v) is 4.24. The quantitative estimate of drug-likeness (QED) is 0.224. The van der Waals surface area contributed by atoms with E-state index in [4.69, 9.17) is 4.99 Å². The molecular weight excluding hydrogens is 297 g/mol. The van der Waals surface area contributed by atoms with Crippen LogP contribution in [0.4, 0.5) is 0 Å². The minimum absolute atomic E-state index is 0.346. The molecule has 1 aliphatic heterocycles. The predicted molar refractivity (Wildman–Crippen MR) is 64.2 cm³/mol. The van der Waals surface area contributed by atoms with Crippen molar-refractivity contribution in [1.82, 2.24) is 0 Å². The van der Waals surface area contributed by atoms with E-state index in [1.165, 1.54) is 19.3 Å². The van der Waals surface area contributed by atoms with Crippen molar-refractivity contribution in [2.45, 2.75) is 54.9 Å². The molecule has 88 valence electrons. The Balaban J connectivity index is 2.39. The Morgan fingerprint density at radius 1 is 1.40 bits per heavy atom. The molecule has 0 amide bonds. The van der Waals surface area contributed by atoms with Gasteiger partial charge < -0.3 is 0 Å². The molecule has 0 radical (unpaired) electrons. The second kappa shape index (κ2) is 6.66. The van der Waals surface area contributed by atoms with Crippen LogP contribution in [0.5, 0.6) is 0 Å². The maximum absolute atomic E-state index is 4.72. The van der Waals surface area contributed by atoms with Gasteiger partial charge in [-0.25, -0.2) is 0 Å². The first-order valence-corrected chi connectivity index (χ1v) is 8.56. The van der Waals surface area contributed by atoms with E-state index in [1.54, 1.807) is 5.57 Å². The van der Waals surface area contributed by atoms with Crippen LogP contribution in [-0.4, -0.2) is 14.2 Å². The van der Waals surface area contributed by atoms with Crippen LogP contribution < -0.4 is 21.2 Å². The van der Waals surface area contributed by atoms with Crippen LogP contribution in [0.2, 0.25) is 0 Å². The molecule has 0 bridgehead atoms. The van der Waals surface area contributed by atoms with E-state index in [0.29, 0.717) is 27.1 Å². The summed E-state index contributed by atoms with van der Waals surface area (Å²) >= 11 is 0.346. The zero-order chi connectivity index (χ0) is 11.3. The summed E-state index contributed by atoms with van der Waals surface area (Å²) in [6.07, 6.45) is 8.23. The second-order valence-corrected chi connectivity index (χ2v) is 7.46. The zero-order valence-electron chi connectivity index (χ0n) is 10.3. The molecule has 0 spiro atoms. The molecule has 1 aliphatic rings. The van der Waals surface area contributed by atoms with Crippen LogP contribution in [0.25, 0.3) is 0 Å². The van der Waals surface area contributed by atoms with Crippen LogP contribution in [0.15, 0.2) is 16.6 Å². The normalized spacial score (nSPS) is 28.9. The summed E-state index contributed by atoms with van der Waals surface area (Å²) in [5.74, 6) is 0.662. The third kappa shape index (κ3) is 4.25. The fraction of sp³-hybridized carbons (Fsp3) is 0.769. The van der Waals surface area contributed by atoms with Crippen LogP contribution in [0, 0.1) is 5.92 Å². The monoisotopic (exact) mass is 320 g/mol. The number of allylic oxidation sites excluding steroid dienone is 1. The van der Waals surface area contributed by atoms with E-state index in [2.05, 4.69) is 40.0 Å². The first-order valence-electron chi connectivity index (χ1n) is 6.07. The SMILES string of the molecule is CC/C=C(\CC)C1[I-]C1N=CC(C)CC. The summed E-state index contributed by atoms with van der Waals surface area (Å²) in [6.45, 7) is 8.99. The van der Waals surface area contributed by atoms with Gasteiger partial charge in [-0.15, -0.1) is 0 Å². The van der Waals surface area contributed by atoms with Crippen LogP contribution >= 0.6 is 0 Å². The fourth-order valence-electron chi connectivity index (χ4n) is 1.51. The molecule has 0 aromatic heterocycles. The van der Waals surface area contributed by atoms with Crippen LogP contribution in [0.3, 0.4) is 0 Å². The number of aliphatic imine (C=N–C) groups is 1. The molecule has 0 saturated carbocycles.